The molecule has 24 heavy (non-hydrogen) atoms. The SMILES string of the molecule is CCCCCCC(/C=C/CCCCCCCC(O)C(=O)O)OCC. The standard InChI is InChI=1S/C20H38O4/c1-3-5-6-12-15-18(24-4-2)16-13-10-8-7-9-11-14-17-19(21)20(22)23/h13,16,18-19,21H,3-12,14-15,17H2,1-2H3,(H,22,23)/b16-13+. The van der Waals surface area contributed by atoms with Crippen molar-refractivity contribution in [2.24, 2.45) is 0 Å². The summed E-state index contributed by atoms with van der Waals surface area (Å²) in [6, 6.07) is 0. The van der Waals surface area contributed by atoms with E-state index in [9.17, 15) is 4.79 Å². The lowest BCUT2D eigenvalue weighted by Gasteiger charge is -2.12. The van der Waals surface area contributed by atoms with Crippen LogP contribution in [0.5, 0.6) is 0 Å². The fourth-order valence-electron chi connectivity index (χ4n) is 2.72. The highest BCUT2D eigenvalue weighted by molar-refractivity contribution is 5.71. The second-order valence-electron chi connectivity index (χ2n) is 6.47. The number of unbranched alkanes of at least 4 members (excludes halogenated alkanes) is 8. The first-order valence-electron chi connectivity index (χ1n) is 9.80. The van der Waals surface area contributed by atoms with E-state index in [0.717, 1.165) is 51.6 Å². The van der Waals surface area contributed by atoms with Crippen LogP contribution >= 0.6 is 0 Å². The third kappa shape index (κ3) is 14.7. The minimum atomic E-state index is -1.19. The Labute approximate surface area is 148 Å². The van der Waals surface area contributed by atoms with E-state index in [2.05, 4.69) is 19.1 Å². The molecule has 2 N–H and O–H groups in total. The first-order chi connectivity index (χ1) is 11.6. The number of hydrogen-bond donors (Lipinski definition) is 2. The highest BCUT2D eigenvalue weighted by atomic mass is 16.5. The summed E-state index contributed by atoms with van der Waals surface area (Å²) in [6.07, 6.45) is 16.4. The van der Waals surface area contributed by atoms with Crippen LogP contribution < -0.4 is 0 Å². The number of rotatable bonds is 17. The Morgan fingerprint density at radius 1 is 0.958 bits per heavy atom. The van der Waals surface area contributed by atoms with Crippen LogP contribution in [0.15, 0.2) is 12.2 Å². The molecule has 0 spiro atoms. The van der Waals surface area contributed by atoms with E-state index < -0.39 is 12.1 Å². The fraction of sp³-hybridized carbons (Fsp3) is 0.850. The van der Waals surface area contributed by atoms with E-state index >= 15 is 0 Å². The summed E-state index contributed by atoms with van der Waals surface area (Å²) in [4.78, 5) is 10.5. The summed E-state index contributed by atoms with van der Waals surface area (Å²) in [7, 11) is 0. The highest BCUT2D eigenvalue weighted by Gasteiger charge is 2.11. The van der Waals surface area contributed by atoms with Crippen molar-refractivity contribution in [3.05, 3.63) is 12.2 Å². The monoisotopic (exact) mass is 342 g/mol. The van der Waals surface area contributed by atoms with E-state index in [1.165, 1.54) is 25.7 Å². The number of aliphatic hydroxyl groups is 1. The van der Waals surface area contributed by atoms with Gasteiger partial charge in [0.2, 0.25) is 0 Å². The van der Waals surface area contributed by atoms with Gasteiger partial charge in [-0.15, -0.1) is 0 Å². The summed E-state index contributed by atoms with van der Waals surface area (Å²) in [5.74, 6) is -1.11. The van der Waals surface area contributed by atoms with Gasteiger partial charge >= 0.3 is 5.97 Å². The number of carboxylic acids is 1. The highest BCUT2D eigenvalue weighted by Crippen LogP contribution is 2.12. The molecule has 0 radical (unpaired) electrons. The number of carboxylic acid groups (broad SMARTS) is 1. The van der Waals surface area contributed by atoms with E-state index in [-0.39, 0.29) is 6.10 Å². The Morgan fingerprint density at radius 2 is 1.58 bits per heavy atom. The Balaban J connectivity index is 3.60. The van der Waals surface area contributed by atoms with Gasteiger partial charge in [0.15, 0.2) is 6.10 Å². The van der Waals surface area contributed by atoms with Crippen LogP contribution in [0.2, 0.25) is 0 Å². The Hall–Kier alpha value is -0.870. The van der Waals surface area contributed by atoms with Gasteiger partial charge in [0.25, 0.3) is 0 Å². The number of ether oxygens (including phenoxy) is 1. The number of allylic oxidation sites excluding steroid dienone is 1. The molecule has 4 nitrogen and oxygen atoms in total. The first kappa shape index (κ1) is 23.1. The van der Waals surface area contributed by atoms with Gasteiger partial charge < -0.3 is 14.9 Å². The molecule has 0 fully saturated rings. The second-order valence-corrected chi connectivity index (χ2v) is 6.47. The van der Waals surface area contributed by atoms with Crippen molar-refractivity contribution >= 4 is 5.97 Å². The maximum atomic E-state index is 10.5. The van der Waals surface area contributed by atoms with Crippen LogP contribution in [0.4, 0.5) is 0 Å². The van der Waals surface area contributed by atoms with E-state index in [4.69, 9.17) is 14.9 Å². The van der Waals surface area contributed by atoms with Gasteiger partial charge in [-0.25, -0.2) is 4.79 Å². The molecular formula is C20H38O4. The van der Waals surface area contributed by atoms with E-state index in [1.54, 1.807) is 0 Å². The predicted octanol–water partition coefficient (Wildman–Crippen LogP) is 5.09. The van der Waals surface area contributed by atoms with Crippen LogP contribution in [-0.2, 0) is 9.53 Å². The van der Waals surface area contributed by atoms with Gasteiger partial charge in [0.05, 0.1) is 6.10 Å². The molecule has 0 heterocycles. The minimum absolute atomic E-state index is 0.268. The quantitative estimate of drug-likeness (QED) is 0.285. The molecule has 0 aromatic heterocycles. The topological polar surface area (TPSA) is 66.8 Å². The largest absolute Gasteiger partial charge is 0.479 e. The zero-order valence-electron chi connectivity index (χ0n) is 15.7. The van der Waals surface area contributed by atoms with Gasteiger partial charge in [-0.1, -0.05) is 70.4 Å². The molecular weight excluding hydrogens is 304 g/mol. The van der Waals surface area contributed by atoms with Crippen molar-refractivity contribution in [2.45, 2.75) is 103 Å². The number of carbonyl (C=O) groups is 1. The molecule has 2 unspecified atom stereocenters. The molecule has 0 rings (SSSR count). The zero-order chi connectivity index (χ0) is 18.0. The van der Waals surface area contributed by atoms with E-state index in [1.807, 2.05) is 6.92 Å². The third-order valence-electron chi connectivity index (χ3n) is 4.21. The maximum absolute atomic E-state index is 10.5. The molecule has 0 aliphatic carbocycles. The van der Waals surface area contributed by atoms with Gasteiger partial charge in [-0.3, -0.25) is 0 Å². The number of aliphatic carboxylic acids is 1. The van der Waals surface area contributed by atoms with Crippen molar-refractivity contribution in [1.29, 1.82) is 0 Å². The smallest absolute Gasteiger partial charge is 0.332 e. The molecule has 0 amide bonds. The normalized spacial score (nSPS) is 14.1. The van der Waals surface area contributed by atoms with Gasteiger partial charge in [0, 0.05) is 6.61 Å². The second kappa shape index (κ2) is 17.0. The molecule has 0 aliphatic heterocycles. The lowest BCUT2D eigenvalue weighted by Crippen LogP contribution is -2.18. The molecule has 0 aromatic rings. The third-order valence-corrected chi connectivity index (χ3v) is 4.21. The Kier molecular flexibility index (Phi) is 16.4. The minimum Gasteiger partial charge on any atom is -0.479 e. The van der Waals surface area contributed by atoms with Crippen LogP contribution in [0.25, 0.3) is 0 Å². The van der Waals surface area contributed by atoms with Gasteiger partial charge in [-0.2, -0.15) is 0 Å². The van der Waals surface area contributed by atoms with Crippen molar-refractivity contribution in [2.75, 3.05) is 6.61 Å². The molecule has 142 valence electrons. The lowest BCUT2D eigenvalue weighted by atomic mass is 10.1. The summed E-state index contributed by atoms with van der Waals surface area (Å²) in [5.41, 5.74) is 0. The van der Waals surface area contributed by atoms with Crippen molar-refractivity contribution in [3.63, 3.8) is 0 Å². The summed E-state index contributed by atoms with van der Waals surface area (Å²) in [5, 5.41) is 17.7. The first-order valence-corrected chi connectivity index (χ1v) is 9.80. The summed E-state index contributed by atoms with van der Waals surface area (Å²) in [6.45, 7) is 5.05. The Bertz CT molecular complexity index is 315. The zero-order valence-corrected chi connectivity index (χ0v) is 15.7. The predicted molar refractivity (Wildman–Crippen MR) is 99.3 cm³/mol. The van der Waals surface area contributed by atoms with Crippen LogP contribution in [0, 0.1) is 0 Å². The van der Waals surface area contributed by atoms with Crippen molar-refractivity contribution < 1.29 is 19.7 Å². The van der Waals surface area contributed by atoms with Crippen LogP contribution in [-0.4, -0.2) is 35.0 Å². The van der Waals surface area contributed by atoms with Crippen molar-refractivity contribution in [3.8, 4) is 0 Å². The van der Waals surface area contributed by atoms with Gasteiger partial charge in [-0.05, 0) is 32.6 Å². The summed E-state index contributed by atoms with van der Waals surface area (Å²) < 4.78 is 5.77. The fourth-order valence-corrected chi connectivity index (χ4v) is 2.72. The van der Waals surface area contributed by atoms with Crippen molar-refractivity contribution in [1.82, 2.24) is 0 Å². The molecule has 0 bridgehead atoms. The Morgan fingerprint density at radius 3 is 2.25 bits per heavy atom. The number of hydrogen-bond acceptors (Lipinski definition) is 3. The maximum Gasteiger partial charge on any atom is 0.332 e. The number of aliphatic hydroxyl groups excluding tert-OH is 1. The summed E-state index contributed by atoms with van der Waals surface area (Å²) >= 11 is 0. The molecule has 0 aliphatic rings. The molecule has 2 atom stereocenters. The van der Waals surface area contributed by atoms with Crippen LogP contribution in [0.1, 0.15) is 90.9 Å². The van der Waals surface area contributed by atoms with Crippen LogP contribution in [0.3, 0.4) is 0 Å². The average Bonchev–Trinajstić information content (AvgIpc) is 2.56. The average molecular weight is 343 g/mol. The molecule has 4 heteroatoms. The van der Waals surface area contributed by atoms with E-state index in [0.29, 0.717) is 6.42 Å². The van der Waals surface area contributed by atoms with Gasteiger partial charge in [0.1, 0.15) is 0 Å². The lowest BCUT2D eigenvalue weighted by molar-refractivity contribution is -0.146. The molecule has 0 aromatic carbocycles. The molecule has 0 saturated carbocycles. The molecule has 0 saturated heterocycles.